The average molecular weight is 349 g/mol. The Kier molecular flexibility index (Phi) is 6.02. The number of nitriles is 1. The lowest BCUT2D eigenvalue weighted by Gasteiger charge is -2.10. The molecule has 0 saturated carbocycles. The third-order valence-electron chi connectivity index (χ3n) is 2.53. The molecule has 0 heterocycles. The van der Waals surface area contributed by atoms with Crippen LogP contribution in [0.1, 0.15) is 30.4 Å². The number of benzene rings is 1. The van der Waals surface area contributed by atoms with Crippen LogP contribution in [0.25, 0.3) is 0 Å². The zero-order valence-electron chi connectivity index (χ0n) is 10.4. The van der Waals surface area contributed by atoms with Crippen molar-refractivity contribution in [3.05, 3.63) is 29.3 Å². The predicted octanol–water partition coefficient (Wildman–Crippen LogP) is 4.08. The van der Waals surface area contributed by atoms with Crippen molar-refractivity contribution in [2.75, 3.05) is 10.6 Å². The van der Waals surface area contributed by atoms with Crippen molar-refractivity contribution in [1.82, 2.24) is 0 Å². The van der Waals surface area contributed by atoms with Crippen molar-refractivity contribution >= 4 is 27.5 Å². The second kappa shape index (κ2) is 7.29. The third-order valence-corrected chi connectivity index (χ3v) is 3.09. The fourth-order valence-corrected chi connectivity index (χ4v) is 1.91. The molecule has 0 saturated heterocycles. The lowest BCUT2D eigenvalue weighted by Crippen LogP contribution is -2.13. The molecule has 0 atom stereocenters. The van der Waals surface area contributed by atoms with E-state index in [4.69, 9.17) is 5.26 Å². The van der Waals surface area contributed by atoms with Crippen molar-refractivity contribution in [3.8, 4) is 6.07 Å². The summed E-state index contributed by atoms with van der Waals surface area (Å²) in [6, 6.07) is 4.33. The van der Waals surface area contributed by atoms with Gasteiger partial charge in [0.1, 0.15) is 6.07 Å². The van der Waals surface area contributed by atoms with Gasteiger partial charge in [-0.25, -0.2) is 0 Å². The van der Waals surface area contributed by atoms with Gasteiger partial charge in [-0.3, -0.25) is 4.79 Å². The Bertz CT molecular complexity index is 523. The third kappa shape index (κ3) is 4.85. The SMILES string of the molecule is N#Cc1cc(C(F)(F)F)ccc1NC(=O)CCCCBr. The topological polar surface area (TPSA) is 52.9 Å². The number of halogens is 4. The Morgan fingerprint density at radius 1 is 1.35 bits per heavy atom. The van der Waals surface area contributed by atoms with E-state index in [2.05, 4.69) is 21.2 Å². The highest BCUT2D eigenvalue weighted by molar-refractivity contribution is 9.09. The van der Waals surface area contributed by atoms with E-state index in [1.54, 1.807) is 6.07 Å². The molecule has 0 unspecified atom stereocenters. The summed E-state index contributed by atoms with van der Waals surface area (Å²) >= 11 is 3.23. The second-order valence-corrected chi connectivity index (χ2v) is 4.86. The Morgan fingerprint density at radius 2 is 2.05 bits per heavy atom. The maximum Gasteiger partial charge on any atom is 0.416 e. The van der Waals surface area contributed by atoms with Gasteiger partial charge in [-0.2, -0.15) is 18.4 Å². The first kappa shape index (κ1) is 16.5. The molecule has 0 radical (unpaired) electrons. The first-order chi connectivity index (χ1) is 9.38. The quantitative estimate of drug-likeness (QED) is 0.643. The summed E-state index contributed by atoms with van der Waals surface area (Å²) in [4.78, 5) is 11.6. The van der Waals surface area contributed by atoms with Crippen LogP contribution in [0.3, 0.4) is 0 Å². The fourth-order valence-electron chi connectivity index (χ4n) is 1.51. The molecule has 0 aliphatic heterocycles. The number of unbranched alkanes of at least 4 members (excludes halogenated alkanes) is 1. The van der Waals surface area contributed by atoms with Crippen LogP contribution in [0, 0.1) is 11.3 Å². The van der Waals surface area contributed by atoms with Gasteiger partial charge in [0.25, 0.3) is 0 Å². The van der Waals surface area contributed by atoms with Crippen LogP contribution in [0.4, 0.5) is 18.9 Å². The standard InChI is InChI=1S/C13H12BrF3N2O/c14-6-2-1-3-12(20)19-11-5-4-10(13(15,16)17)7-9(11)8-18/h4-5,7H,1-3,6H2,(H,19,20). The second-order valence-electron chi connectivity index (χ2n) is 4.06. The smallest absolute Gasteiger partial charge is 0.325 e. The van der Waals surface area contributed by atoms with Crippen molar-refractivity contribution in [2.24, 2.45) is 0 Å². The average Bonchev–Trinajstić information content (AvgIpc) is 2.38. The Balaban J connectivity index is 2.81. The van der Waals surface area contributed by atoms with E-state index in [1.165, 1.54) is 0 Å². The maximum atomic E-state index is 12.5. The zero-order valence-corrected chi connectivity index (χ0v) is 12.0. The van der Waals surface area contributed by atoms with Crippen molar-refractivity contribution in [1.29, 1.82) is 5.26 Å². The number of anilines is 1. The minimum atomic E-state index is -4.51. The van der Waals surface area contributed by atoms with E-state index in [9.17, 15) is 18.0 Å². The summed E-state index contributed by atoms with van der Waals surface area (Å²) in [5.74, 6) is -0.317. The van der Waals surface area contributed by atoms with Crippen LogP contribution in [-0.4, -0.2) is 11.2 Å². The monoisotopic (exact) mass is 348 g/mol. The number of hydrogen-bond donors (Lipinski definition) is 1. The van der Waals surface area contributed by atoms with Crippen LogP contribution in [0.5, 0.6) is 0 Å². The number of alkyl halides is 4. The van der Waals surface area contributed by atoms with Crippen LogP contribution in [0.15, 0.2) is 18.2 Å². The molecule has 0 aliphatic rings. The predicted molar refractivity (Wildman–Crippen MR) is 72.4 cm³/mol. The highest BCUT2D eigenvalue weighted by atomic mass is 79.9. The van der Waals surface area contributed by atoms with E-state index >= 15 is 0 Å². The number of rotatable bonds is 5. The van der Waals surface area contributed by atoms with Gasteiger partial charge < -0.3 is 5.32 Å². The van der Waals surface area contributed by atoms with Crippen LogP contribution >= 0.6 is 15.9 Å². The Morgan fingerprint density at radius 3 is 2.60 bits per heavy atom. The molecule has 0 aromatic heterocycles. The van der Waals surface area contributed by atoms with Gasteiger partial charge in [-0.15, -0.1) is 0 Å². The van der Waals surface area contributed by atoms with E-state index in [1.807, 2.05) is 0 Å². The number of carbonyl (C=O) groups is 1. The highest BCUT2D eigenvalue weighted by Gasteiger charge is 2.31. The number of hydrogen-bond acceptors (Lipinski definition) is 2. The van der Waals surface area contributed by atoms with Crippen molar-refractivity contribution < 1.29 is 18.0 Å². The van der Waals surface area contributed by atoms with Gasteiger partial charge >= 0.3 is 6.18 Å². The highest BCUT2D eigenvalue weighted by Crippen LogP contribution is 2.31. The molecule has 1 N–H and O–H groups in total. The molecule has 0 aliphatic carbocycles. The summed E-state index contributed by atoms with van der Waals surface area (Å²) in [6.45, 7) is 0. The molecule has 0 spiro atoms. The minimum Gasteiger partial charge on any atom is -0.325 e. The largest absolute Gasteiger partial charge is 0.416 e. The van der Waals surface area contributed by atoms with Gasteiger partial charge in [0.15, 0.2) is 0 Å². The van der Waals surface area contributed by atoms with E-state index in [0.717, 1.165) is 30.0 Å². The number of carbonyl (C=O) groups excluding carboxylic acids is 1. The van der Waals surface area contributed by atoms with E-state index in [0.29, 0.717) is 6.42 Å². The maximum absolute atomic E-state index is 12.5. The van der Waals surface area contributed by atoms with Crippen LogP contribution < -0.4 is 5.32 Å². The molecular formula is C13H12BrF3N2O. The molecule has 1 rings (SSSR count). The van der Waals surface area contributed by atoms with Crippen molar-refractivity contribution in [2.45, 2.75) is 25.4 Å². The van der Waals surface area contributed by atoms with Gasteiger partial charge in [0.2, 0.25) is 5.91 Å². The van der Waals surface area contributed by atoms with E-state index < -0.39 is 11.7 Å². The number of nitrogens with one attached hydrogen (secondary N) is 1. The number of nitrogens with zero attached hydrogens (tertiary/aromatic N) is 1. The molecule has 1 aromatic carbocycles. The summed E-state index contributed by atoms with van der Waals surface area (Å²) in [5.41, 5.74) is -1.01. The van der Waals surface area contributed by atoms with Crippen molar-refractivity contribution in [3.63, 3.8) is 0 Å². The molecule has 1 aromatic rings. The molecule has 1 amide bonds. The van der Waals surface area contributed by atoms with Gasteiger partial charge in [-0.05, 0) is 31.0 Å². The van der Waals surface area contributed by atoms with Crippen LogP contribution in [-0.2, 0) is 11.0 Å². The summed E-state index contributed by atoms with van der Waals surface area (Å²) in [7, 11) is 0. The molecule has 0 bridgehead atoms. The van der Waals surface area contributed by atoms with Gasteiger partial charge in [-0.1, -0.05) is 15.9 Å². The lowest BCUT2D eigenvalue weighted by atomic mass is 10.1. The first-order valence-electron chi connectivity index (χ1n) is 5.85. The summed E-state index contributed by atoms with van der Waals surface area (Å²) < 4.78 is 37.5. The number of amides is 1. The van der Waals surface area contributed by atoms with Gasteiger partial charge in [0, 0.05) is 11.8 Å². The molecule has 7 heteroatoms. The molecule has 20 heavy (non-hydrogen) atoms. The van der Waals surface area contributed by atoms with E-state index in [-0.39, 0.29) is 23.6 Å². The lowest BCUT2D eigenvalue weighted by molar-refractivity contribution is -0.137. The van der Waals surface area contributed by atoms with Gasteiger partial charge in [0.05, 0.1) is 16.8 Å². The Labute approximate surface area is 122 Å². The Hall–Kier alpha value is -1.55. The summed E-state index contributed by atoms with van der Waals surface area (Å²) in [6.07, 6.45) is -2.76. The molecule has 108 valence electrons. The molecule has 3 nitrogen and oxygen atoms in total. The minimum absolute atomic E-state index is 0.101. The molecule has 0 fully saturated rings. The molecular weight excluding hydrogens is 337 g/mol. The summed E-state index contributed by atoms with van der Waals surface area (Å²) in [5, 5.41) is 12.1. The normalized spacial score (nSPS) is 10.9. The fraction of sp³-hybridized carbons (Fsp3) is 0.385. The first-order valence-corrected chi connectivity index (χ1v) is 6.97. The zero-order chi connectivity index (χ0) is 15.2. The van der Waals surface area contributed by atoms with Crippen LogP contribution in [0.2, 0.25) is 0 Å².